The zero-order chi connectivity index (χ0) is 11.8. The van der Waals surface area contributed by atoms with Crippen LogP contribution in [-0.4, -0.2) is 13.4 Å². The summed E-state index contributed by atoms with van der Waals surface area (Å²) in [5, 5.41) is 4.89. The van der Waals surface area contributed by atoms with E-state index in [1.807, 2.05) is 0 Å². The van der Waals surface area contributed by atoms with Crippen molar-refractivity contribution in [2.45, 2.75) is 18.2 Å². The van der Waals surface area contributed by atoms with Gasteiger partial charge in [-0.3, -0.25) is 4.98 Å². The van der Waals surface area contributed by atoms with E-state index in [1.54, 1.807) is 22.6 Å². The molecule has 0 aliphatic heterocycles. The van der Waals surface area contributed by atoms with Crippen LogP contribution in [0.5, 0.6) is 0 Å². The topological polar surface area (TPSA) is 73.1 Å². The summed E-state index contributed by atoms with van der Waals surface area (Å²) in [4.78, 5) is 3.16. The maximum absolute atomic E-state index is 12.4. The zero-order valence-electron chi connectivity index (χ0n) is 7.54. The zero-order valence-corrected chi connectivity index (χ0v) is 10.5. The fourth-order valence-corrected chi connectivity index (χ4v) is 2.60. The highest BCUT2D eigenvalue weighted by Gasteiger charge is 2.21. The van der Waals surface area contributed by atoms with E-state index in [0.717, 1.165) is 6.20 Å². The van der Waals surface area contributed by atoms with Crippen molar-refractivity contribution < 1.29 is 17.2 Å². The molecule has 15 heavy (non-hydrogen) atoms. The molecule has 0 aromatic carbocycles. The van der Waals surface area contributed by atoms with E-state index in [4.69, 9.17) is 5.14 Å². The second-order valence-corrected chi connectivity index (χ2v) is 5.40. The van der Waals surface area contributed by atoms with Gasteiger partial charge in [-0.25, -0.2) is 22.3 Å². The van der Waals surface area contributed by atoms with Crippen molar-refractivity contribution in [3.8, 4) is 0 Å². The fraction of sp³-hybridized carbons (Fsp3) is 0.286. The van der Waals surface area contributed by atoms with E-state index in [1.165, 1.54) is 6.92 Å². The van der Waals surface area contributed by atoms with E-state index < -0.39 is 22.1 Å². The molecular formula is C7H7F2IN2O2S. The van der Waals surface area contributed by atoms with E-state index in [2.05, 4.69) is 4.98 Å². The smallest absolute Gasteiger partial charge is 0.253 e. The molecule has 4 nitrogen and oxygen atoms in total. The minimum Gasteiger partial charge on any atom is -0.253 e. The van der Waals surface area contributed by atoms with E-state index in [9.17, 15) is 17.2 Å². The number of hydrogen-bond donors (Lipinski definition) is 1. The normalized spacial score (nSPS) is 12.1. The number of nitrogens with two attached hydrogens (primary N) is 1. The second-order valence-electron chi connectivity index (χ2n) is 2.79. The number of primary sulfonamides is 1. The first kappa shape index (κ1) is 12.7. The number of hydrogen-bond acceptors (Lipinski definition) is 3. The van der Waals surface area contributed by atoms with Gasteiger partial charge in [0.2, 0.25) is 10.0 Å². The summed E-state index contributed by atoms with van der Waals surface area (Å²) in [7, 11) is -3.91. The third kappa shape index (κ3) is 2.61. The molecule has 0 amide bonds. The summed E-state index contributed by atoms with van der Waals surface area (Å²) >= 11 is 1.62. The van der Waals surface area contributed by atoms with Gasteiger partial charge >= 0.3 is 0 Å². The number of nitrogens with zero attached hydrogens (tertiary/aromatic N) is 1. The largest absolute Gasteiger partial charge is 0.281 e. The second kappa shape index (κ2) is 4.26. The molecule has 1 aromatic heterocycles. The number of pyridine rings is 1. The molecule has 0 atom stereocenters. The van der Waals surface area contributed by atoms with Crippen LogP contribution in [0.15, 0.2) is 11.1 Å². The fourth-order valence-electron chi connectivity index (χ4n) is 1.02. The molecule has 2 N–H and O–H groups in total. The minimum absolute atomic E-state index is 0.120. The van der Waals surface area contributed by atoms with Crippen molar-refractivity contribution in [3.05, 3.63) is 21.0 Å². The Morgan fingerprint density at radius 2 is 2.07 bits per heavy atom. The highest BCUT2D eigenvalue weighted by molar-refractivity contribution is 14.1. The number of halogens is 3. The van der Waals surface area contributed by atoms with E-state index in [-0.39, 0.29) is 14.0 Å². The van der Waals surface area contributed by atoms with Crippen LogP contribution < -0.4 is 5.14 Å². The van der Waals surface area contributed by atoms with Gasteiger partial charge in [0.1, 0.15) is 10.6 Å². The number of alkyl halides is 2. The lowest BCUT2D eigenvalue weighted by Gasteiger charge is -2.08. The van der Waals surface area contributed by atoms with Gasteiger partial charge in [0.15, 0.2) is 0 Å². The highest BCUT2D eigenvalue weighted by Crippen LogP contribution is 2.27. The van der Waals surface area contributed by atoms with Gasteiger partial charge in [0.25, 0.3) is 6.43 Å². The van der Waals surface area contributed by atoms with Crippen molar-refractivity contribution >= 4 is 32.6 Å². The predicted octanol–water partition coefficient (Wildman–Crippen LogP) is 1.58. The first-order chi connectivity index (χ1) is 6.75. The molecule has 8 heteroatoms. The van der Waals surface area contributed by atoms with Crippen LogP contribution in [0, 0.1) is 10.5 Å². The Balaban J connectivity index is 3.48. The van der Waals surface area contributed by atoms with Gasteiger partial charge in [-0.05, 0) is 35.1 Å². The highest BCUT2D eigenvalue weighted by atomic mass is 127. The first-order valence-electron chi connectivity index (χ1n) is 3.71. The first-order valence-corrected chi connectivity index (χ1v) is 6.33. The summed E-state index contributed by atoms with van der Waals surface area (Å²) in [6, 6.07) is 0. The van der Waals surface area contributed by atoms with Crippen LogP contribution >= 0.6 is 22.6 Å². The molecule has 0 unspecified atom stereocenters. The third-order valence-corrected chi connectivity index (χ3v) is 4.14. The Kier molecular flexibility index (Phi) is 3.61. The van der Waals surface area contributed by atoms with Gasteiger partial charge < -0.3 is 0 Å². The molecule has 1 rings (SSSR count). The molecule has 0 saturated carbocycles. The molecule has 0 saturated heterocycles. The van der Waals surface area contributed by atoms with Gasteiger partial charge in [0, 0.05) is 9.77 Å². The lowest BCUT2D eigenvalue weighted by Crippen LogP contribution is -2.15. The summed E-state index contributed by atoms with van der Waals surface area (Å²) < 4.78 is 47.0. The average molecular weight is 348 g/mol. The molecule has 0 fully saturated rings. The maximum atomic E-state index is 12.4. The van der Waals surface area contributed by atoms with Crippen molar-refractivity contribution in [3.63, 3.8) is 0 Å². The molecule has 1 aromatic rings. The lowest BCUT2D eigenvalue weighted by molar-refractivity contribution is 0.144. The lowest BCUT2D eigenvalue weighted by atomic mass is 10.2. The molecule has 84 valence electrons. The molecule has 0 aliphatic carbocycles. The van der Waals surface area contributed by atoms with Crippen LogP contribution in [0.1, 0.15) is 17.7 Å². The standard InChI is InChI=1S/C7H7F2IN2O2S/c1-3-4(15(11,13)14)2-12-6(5(3)10)7(8)9/h2,7H,1H3,(H2,11,13,14). The molecule has 0 radical (unpaired) electrons. The quantitative estimate of drug-likeness (QED) is 0.825. The summed E-state index contributed by atoms with van der Waals surface area (Å²) in [6.07, 6.45) is -1.88. The van der Waals surface area contributed by atoms with Gasteiger partial charge in [-0.2, -0.15) is 0 Å². The van der Waals surface area contributed by atoms with Crippen molar-refractivity contribution in [1.29, 1.82) is 0 Å². The van der Waals surface area contributed by atoms with Gasteiger partial charge in [-0.15, -0.1) is 0 Å². The Labute approximate surface area is 99.1 Å². The average Bonchev–Trinajstić information content (AvgIpc) is 2.06. The van der Waals surface area contributed by atoms with E-state index >= 15 is 0 Å². The number of sulfonamides is 1. The number of aromatic nitrogens is 1. The summed E-state index contributed by atoms with van der Waals surface area (Å²) in [5.41, 5.74) is -0.232. The number of rotatable bonds is 2. The summed E-state index contributed by atoms with van der Waals surface area (Å²) in [5.74, 6) is 0. The Bertz CT molecular complexity index is 490. The van der Waals surface area contributed by atoms with Gasteiger partial charge in [0.05, 0.1) is 0 Å². The van der Waals surface area contributed by atoms with Crippen molar-refractivity contribution in [2.75, 3.05) is 0 Å². The van der Waals surface area contributed by atoms with E-state index in [0.29, 0.717) is 0 Å². The predicted molar refractivity (Wildman–Crippen MR) is 58.0 cm³/mol. The van der Waals surface area contributed by atoms with Crippen molar-refractivity contribution in [1.82, 2.24) is 4.98 Å². The monoisotopic (exact) mass is 348 g/mol. The van der Waals surface area contributed by atoms with Gasteiger partial charge in [-0.1, -0.05) is 0 Å². The van der Waals surface area contributed by atoms with Crippen LogP contribution in [0.25, 0.3) is 0 Å². The van der Waals surface area contributed by atoms with Crippen molar-refractivity contribution in [2.24, 2.45) is 5.14 Å². The third-order valence-electron chi connectivity index (χ3n) is 1.76. The molecular weight excluding hydrogens is 341 g/mol. The SMILES string of the molecule is Cc1c(S(N)(=O)=O)cnc(C(F)F)c1I. The van der Waals surface area contributed by atoms with Crippen LogP contribution in [0.4, 0.5) is 8.78 Å². The molecule has 1 heterocycles. The van der Waals surface area contributed by atoms with Crippen LogP contribution in [-0.2, 0) is 10.0 Å². The van der Waals surface area contributed by atoms with Crippen LogP contribution in [0.3, 0.4) is 0 Å². The molecule has 0 bridgehead atoms. The minimum atomic E-state index is -3.91. The molecule has 0 aliphatic rings. The Hall–Kier alpha value is -0.350. The summed E-state index contributed by atoms with van der Waals surface area (Å²) in [6.45, 7) is 1.41. The Morgan fingerprint density at radius 1 is 1.53 bits per heavy atom. The van der Waals surface area contributed by atoms with Crippen LogP contribution in [0.2, 0.25) is 0 Å². The maximum Gasteiger partial charge on any atom is 0.281 e. The molecule has 0 spiro atoms. The Morgan fingerprint density at radius 3 is 2.47 bits per heavy atom.